The quantitative estimate of drug-likeness (QED) is 0.901. The molecule has 0 radical (unpaired) electrons. The van der Waals surface area contributed by atoms with Crippen molar-refractivity contribution in [3.63, 3.8) is 0 Å². The van der Waals surface area contributed by atoms with Crippen LogP contribution < -0.4 is 10.6 Å². The first-order valence-corrected chi connectivity index (χ1v) is 7.35. The summed E-state index contributed by atoms with van der Waals surface area (Å²) in [7, 11) is 4.09. The van der Waals surface area contributed by atoms with Crippen molar-refractivity contribution in [2.75, 3.05) is 19.0 Å². The van der Waals surface area contributed by atoms with Gasteiger partial charge in [-0.05, 0) is 29.5 Å². The third-order valence-electron chi connectivity index (χ3n) is 2.86. The van der Waals surface area contributed by atoms with Crippen molar-refractivity contribution in [3.8, 4) is 0 Å². The number of thioether (sulfide) groups is 2. The summed E-state index contributed by atoms with van der Waals surface area (Å²) < 4.78 is 0. The summed E-state index contributed by atoms with van der Waals surface area (Å²) in [4.78, 5) is 2.09. The molecule has 1 atom stereocenters. The topological polar surface area (TPSA) is 44.9 Å². The van der Waals surface area contributed by atoms with Gasteiger partial charge in [-0.25, -0.2) is 5.01 Å². The average Bonchev–Trinajstić information content (AvgIpc) is 2.88. The second-order valence-corrected chi connectivity index (χ2v) is 6.31. The molecule has 0 saturated carbocycles. The third kappa shape index (κ3) is 1.95. The summed E-state index contributed by atoms with van der Waals surface area (Å²) in [5.74, 6) is 0. The number of hydrogen-bond acceptors (Lipinski definition) is 6. The van der Waals surface area contributed by atoms with E-state index in [0.717, 1.165) is 5.03 Å². The van der Waals surface area contributed by atoms with E-state index in [2.05, 4.69) is 39.7 Å². The number of rotatable bonds is 2. The fourth-order valence-corrected chi connectivity index (χ4v) is 3.87. The molecule has 2 heterocycles. The molecule has 1 aromatic rings. The predicted molar refractivity (Wildman–Crippen MR) is 80.2 cm³/mol. The van der Waals surface area contributed by atoms with Crippen LogP contribution in [0, 0.1) is 0 Å². The fourth-order valence-electron chi connectivity index (χ4n) is 1.91. The third-order valence-corrected chi connectivity index (χ3v) is 4.90. The van der Waals surface area contributed by atoms with Gasteiger partial charge in [0.2, 0.25) is 0 Å². The first-order chi connectivity index (χ1) is 8.65. The van der Waals surface area contributed by atoms with Gasteiger partial charge < -0.3 is 10.6 Å². The highest BCUT2D eigenvalue weighted by Crippen LogP contribution is 2.49. The Bertz CT molecular complexity index is 521. The molecule has 0 saturated heterocycles. The molecular formula is C12H14N4S2. The molecule has 2 aliphatic heterocycles. The van der Waals surface area contributed by atoms with E-state index < -0.39 is 0 Å². The van der Waals surface area contributed by atoms with E-state index >= 15 is 0 Å². The maximum absolute atomic E-state index is 5.74. The molecule has 94 valence electrons. The highest BCUT2D eigenvalue weighted by atomic mass is 32.2. The number of anilines is 1. The van der Waals surface area contributed by atoms with E-state index in [9.17, 15) is 0 Å². The molecule has 4 nitrogen and oxygen atoms in total. The molecule has 0 aromatic heterocycles. The van der Waals surface area contributed by atoms with Gasteiger partial charge in [0.25, 0.3) is 0 Å². The Morgan fingerprint density at radius 2 is 2.00 bits per heavy atom. The first-order valence-electron chi connectivity index (χ1n) is 5.59. The lowest BCUT2D eigenvalue weighted by Crippen LogP contribution is -2.13. The summed E-state index contributed by atoms with van der Waals surface area (Å²) >= 11 is 3.30. The van der Waals surface area contributed by atoms with E-state index in [0.29, 0.717) is 5.17 Å². The Morgan fingerprint density at radius 3 is 2.67 bits per heavy atom. The van der Waals surface area contributed by atoms with Crippen LogP contribution in [-0.2, 0) is 0 Å². The zero-order valence-electron chi connectivity index (χ0n) is 10.2. The lowest BCUT2D eigenvalue weighted by molar-refractivity contribution is 0.387. The van der Waals surface area contributed by atoms with Crippen LogP contribution in [-0.4, -0.2) is 24.3 Å². The van der Waals surface area contributed by atoms with Crippen LogP contribution in [0.25, 0.3) is 0 Å². The molecule has 3 rings (SSSR count). The van der Waals surface area contributed by atoms with Gasteiger partial charge in [0.15, 0.2) is 5.17 Å². The Labute approximate surface area is 115 Å². The second kappa shape index (κ2) is 4.44. The summed E-state index contributed by atoms with van der Waals surface area (Å²) in [5, 5.41) is 10.4. The van der Waals surface area contributed by atoms with E-state index in [4.69, 9.17) is 5.73 Å². The van der Waals surface area contributed by atoms with Crippen molar-refractivity contribution in [3.05, 3.63) is 40.3 Å². The zero-order valence-corrected chi connectivity index (χ0v) is 11.8. The molecule has 0 unspecified atom stereocenters. The number of hydrogen-bond donors (Lipinski definition) is 1. The number of nitrogens with two attached hydrogens (primary N) is 1. The molecule has 18 heavy (non-hydrogen) atoms. The van der Waals surface area contributed by atoms with Crippen molar-refractivity contribution >= 4 is 34.4 Å². The Hall–Kier alpha value is -1.27. The SMILES string of the molecule is CN(C)c1ccc([C@@H]2SC=C3SC(N)=NN32)cc1. The van der Waals surface area contributed by atoms with Crippen molar-refractivity contribution in [2.24, 2.45) is 10.8 Å². The van der Waals surface area contributed by atoms with Gasteiger partial charge in [-0.3, -0.25) is 0 Å². The summed E-state index contributed by atoms with van der Waals surface area (Å²) in [6, 6.07) is 8.56. The average molecular weight is 278 g/mol. The van der Waals surface area contributed by atoms with Gasteiger partial charge >= 0.3 is 0 Å². The molecule has 6 heteroatoms. The highest BCUT2D eigenvalue weighted by Gasteiger charge is 2.33. The molecule has 0 bridgehead atoms. The molecule has 0 spiro atoms. The fraction of sp³-hybridized carbons (Fsp3) is 0.250. The smallest absolute Gasteiger partial charge is 0.184 e. The number of hydrazone groups is 1. The molecular weight excluding hydrogens is 264 g/mol. The summed E-state index contributed by atoms with van der Waals surface area (Å²) in [6.07, 6.45) is 0. The van der Waals surface area contributed by atoms with Crippen molar-refractivity contribution in [1.82, 2.24) is 5.01 Å². The number of amidine groups is 1. The minimum absolute atomic E-state index is 0.213. The van der Waals surface area contributed by atoms with Crippen LogP contribution in [0.15, 0.2) is 39.8 Å². The van der Waals surface area contributed by atoms with Crippen molar-refractivity contribution in [1.29, 1.82) is 0 Å². The predicted octanol–water partition coefficient (Wildman–Crippen LogP) is 2.58. The normalized spacial score (nSPS) is 21.7. The van der Waals surface area contributed by atoms with Gasteiger partial charge in [0.05, 0.1) is 0 Å². The highest BCUT2D eigenvalue weighted by molar-refractivity contribution is 8.18. The lowest BCUT2D eigenvalue weighted by atomic mass is 10.2. The van der Waals surface area contributed by atoms with Gasteiger partial charge in [0, 0.05) is 25.2 Å². The summed E-state index contributed by atoms with van der Waals surface area (Å²) in [6.45, 7) is 0. The minimum Gasteiger partial charge on any atom is -0.378 e. The van der Waals surface area contributed by atoms with E-state index in [-0.39, 0.29) is 5.37 Å². The largest absolute Gasteiger partial charge is 0.378 e. The Balaban J connectivity index is 1.84. The van der Waals surface area contributed by atoms with Crippen molar-refractivity contribution < 1.29 is 0 Å². The van der Waals surface area contributed by atoms with Gasteiger partial charge in [-0.2, -0.15) is 0 Å². The zero-order chi connectivity index (χ0) is 12.7. The van der Waals surface area contributed by atoms with Crippen LogP contribution in [0.2, 0.25) is 0 Å². The molecule has 0 fully saturated rings. The molecule has 2 N–H and O–H groups in total. The first kappa shape index (κ1) is 11.8. The lowest BCUT2D eigenvalue weighted by Gasteiger charge is -2.20. The van der Waals surface area contributed by atoms with Gasteiger partial charge in [-0.1, -0.05) is 23.9 Å². The molecule has 1 aromatic carbocycles. The molecule has 2 aliphatic rings. The van der Waals surface area contributed by atoms with E-state index in [1.165, 1.54) is 23.0 Å². The standard InChI is InChI=1S/C12H14N4S2/c1-15(2)9-5-3-8(4-6-9)11-16-10(7-17-11)18-12(13)14-16/h3-7,11H,1-2H3,(H2,13,14)/t11-/m0/s1. The summed E-state index contributed by atoms with van der Waals surface area (Å²) in [5.41, 5.74) is 8.19. The Morgan fingerprint density at radius 1 is 1.28 bits per heavy atom. The van der Waals surface area contributed by atoms with Crippen LogP contribution >= 0.6 is 23.5 Å². The van der Waals surface area contributed by atoms with Crippen molar-refractivity contribution in [2.45, 2.75) is 5.37 Å². The number of fused-ring (bicyclic) bond motifs is 1. The number of benzene rings is 1. The van der Waals surface area contributed by atoms with Crippen LogP contribution in [0.3, 0.4) is 0 Å². The van der Waals surface area contributed by atoms with Gasteiger partial charge in [-0.15, -0.1) is 5.10 Å². The van der Waals surface area contributed by atoms with Crippen LogP contribution in [0.5, 0.6) is 0 Å². The minimum atomic E-state index is 0.213. The maximum atomic E-state index is 5.74. The second-order valence-electron chi connectivity index (χ2n) is 4.32. The Kier molecular flexibility index (Phi) is 2.91. The van der Waals surface area contributed by atoms with E-state index in [1.54, 1.807) is 11.8 Å². The molecule has 0 aliphatic carbocycles. The maximum Gasteiger partial charge on any atom is 0.184 e. The molecule has 0 amide bonds. The van der Waals surface area contributed by atoms with Crippen LogP contribution in [0.1, 0.15) is 10.9 Å². The monoisotopic (exact) mass is 278 g/mol. The van der Waals surface area contributed by atoms with Crippen LogP contribution in [0.4, 0.5) is 5.69 Å². The van der Waals surface area contributed by atoms with Gasteiger partial charge in [0.1, 0.15) is 10.4 Å². The number of nitrogens with zero attached hydrogens (tertiary/aromatic N) is 3. The van der Waals surface area contributed by atoms with E-state index in [1.807, 2.05) is 19.1 Å².